The van der Waals surface area contributed by atoms with Gasteiger partial charge in [-0.1, -0.05) is 70.2 Å². The van der Waals surface area contributed by atoms with Gasteiger partial charge in [-0.15, -0.1) is 0 Å². The van der Waals surface area contributed by atoms with Gasteiger partial charge in [-0.05, 0) is 41.2 Å². The van der Waals surface area contributed by atoms with E-state index < -0.39 is 0 Å². The quantitative estimate of drug-likeness (QED) is 0.824. The standard InChI is InChI=1S/C22H27N/c1-21(2,3)18-11-14-23-20(16-18)17-9-8-10-19(15-17)22(4)12-6-5-7-13-22/h5-12,14-16,20,23H,13H2,1-4H3/p+1. The number of hydrogen-bond donors (Lipinski definition) is 1. The number of quaternary nitrogens is 1. The lowest BCUT2D eigenvalue weighted by atomic mass is 9.76. The highest BCUT2D eigenvalue weighted by atomic mass is 14.9. The van der Waals surface area contributed by atoms with Crippen molar-refractivity contribution < 1.29 is 5.32 Å². The molecule has 1 aliphatic carbocycles. The highest BCUT2D eigenvalue weighted by Gasteiger charge is 2.26. The van der Waals surface area contributed by atoms with Crippen LogP contribution in [0.25, 0.3) is 0 Å². The van der Waals surface area contributed by atoms with E-state index in [-0.39, 0.29) is 10.8 Å². The second kappa shape index (κ2) is 5.98. The zero-order chi connectivity index (χ0) is 16.5. The summed E-state index contributed by atoms with van der Waals surface area (Å²) in [5.41, 5.74) is 4.53. The van der Waals surface area contributed by atoms with Crippen LogP contribution >= 0.6 is 0 Å². The molecule has 0 amide bonds. The second-order valence-electron chi connectivity index (χ2n) is 7.98. The number of nitrogens with two attached hydrogens (primary N) is 1. The minimum atomic E-state index is 0.117. The Bertz CT molecular complexity index is 697. The monoisotopic (exact) mass is 306 g/mol. The molecule has 3 rings (SSSR count). The number of hydrogen-bond acceptors (Lipinski definition) is 0. The van der Waals surface area contributed by atoms with Gasteiger partial charge in [0.1, 0.15) is 6.04 Å². The van der Waals surface area contributed by atoms with Crippen LogP contribution in [0.3, 0.4) is 0 Å². The van der Waals surface area contributed by atoms with Crippen LogP contribution in [-0.4, -0.2) is 0 Å². The lowest BCUT2D eigenvalue weighted by Crippen LogP contribution is -2.79. The third kappa shape index (κ3) is 3.40. The van der Waals surface area contributed by atoms with Crippen LogP contribution < -0.4 is 5.32 Å². The van der Waals surface area contributed by atoms with Crippen LogP contribution in [0.15, 0.2) is 72.5 Å². The predicted octanol–water partition coefficient (Wildman–Crippen LogP) is 4.56. The van der Waals surface area contributed by atoms with Crippen molar-refractivity contribution in [1.82, 2.24) is 0 Å². The fourth-order valence-corrected chi connectivity index (χ4v) is 3.33. The van der Waals surface area contributed by atoms with E-state index in [4.69, 9.17) is 0 Å². The summed E-state index contributed by atoms with van der Waals surface area (Å²) >= 11 is 0. The van der Waals surface area contributed by atoms with E-state index in [1.807, 2.05) is 0 Å². The normalized spacial score (nSPS) is 27.1. The molecule has 1 aliphatic heterocycles. The molecule has 0 aromatic heterocycles. The van der Waals surface area contributed by atoms with Crippen molar-refractivity contribution in [2.45, 2.75) is 45.6 Å². The van der Waals surface area contributed by atoms with Crippen LogP contribution in [0.1, 0.15) is 51.3 Å². The largest absolute Gasteiger partial charge is 0.311 e. The van der Waals surface area contributed by atoms with E-state index in [9.17, 15) is 0 Å². The summed E-state index contributed by atoms with van der Waals surface area (Å²) in [4.78, 5) is 0. The van der Waals surface area contributed by atoms with E-state index in [0.29, 0.717) is 6.04 Å². The Balaban J connectivity index is 1.92. The third-order valence-corrected chi connectivity index (χ3v) is 5.00. The molecule has 2 N–H and O–H groups in total. The topological polar surface area (TPSA) is 16.6 Å². The Morgan fingerprint density at radius 2 is 2.00 bits per heavy atom. The molecule has 0 fully saturated rings. The highest BCUT2D eigenvalue weighted by molar-refractivity contribution is 5.39. The second-order valence-corrected chi connectivity index (χ2v) is 7.98. The maximum absolute atomic E-state index is 2.41. The molecule has 1 nitrogen and oxygen atoms in total. The van der Waals surface area contributed by atoms with Crippen LogP contribution in [0.2, 0.25) is 0 Å². The minimum Gasteiger partial charge on any atom is -0.311 e. The van der Waals surface area contributed by atoms with Crippen molar-refractivity contribution in [3.63, 3.8) is 0 Å². The molecule has 0 spiro atoms. The smallest absolute Gasteiger partial charge is 0.135 e. The van der Waals surface area contributed by atoms with Gasteiger partial charge in [0, 0.05) is 11.0 Å². The molecule has 1 aromatic rings. The molecule has 1 aromatic carbocycles. The van der Waals surface area contributed by atoms with Gasteiger partial charge in [0.2, 0.25) is 0 Å². The molecule has 120 valence electrons. The van der Waals surface area contributed by atoms with Crippen LogP contribution in [-0.2, 0) is 5.41 Å². The third-order valence-electron chi connectivity index (χ3n) is 5.00. The lowest BCUT2D eigenvalue weighted by Gasteiger charge is -2.29. The van der Waals surface area contributed by atoms with Crippen LogP contribution in [0.5, 0.6) is 0 Å². The Kier molecular flexibility index (Phi) is 4.16. The van der Waals surface area contributed by atoms with Gasteiger partial charge in [0.15, 0.2) is 0 Å². The van der Waals surface area contributed by atoms with E-state index in [1.165, 1.54) is 16.7 Å². The number of allylic oxidation sites excluding steroid dienone is 6. The zero-order valence-corrected chi connectivity index (χ0v) is 14.7. The molecule has 2 unspecified atom stereocenters. The summed E-state index contributed by atoms with van der Waals surface area (Å²) in [7, 11) is 0. The average Bonchev–Trinajstić information content (AvgIpc) is 2.55. The van der Waals surface area contributed by atoms with E-state index in [0.717, 1.165) is 6.42 Å². The molecule has 1 heteroatoms. The first-order valence-corrected chi connectivity index (χ1v) is 8.57. The van der Waals surface area contributed by atoms with Gasteiger partial charge in [-0.3, -0.25) is 0 Å². The highest BCUT2D eigenvalue weighted by Crippen LogP contribution is 2.34. The molecule has 0 saturated heterocycles. The molecule has 0 bridgehead atoms. The first kappa shape index (κ1) is 16.0. The van der Waals surface area contributed by atoms with Crippen molar-refractivity contribution >= 4 is 0 Å². The maximum atomic E-state index is 2.41. The average molecular weight is 306 g/mol. The Morgan fingerprint density at radius 1 is 1.17 bits per heavy atom. The van der Waals surface area contributed by atoms with Gasteiger partial charge in [0.25, 0.3) is 0 Å². The lowest BCUT2D eigenvalue weighted by molar-refractivity contribution is -0.623. The molecule has 23 heavy (non-hydrogen) atoms. The minimum absolute atomic E-state index is 0.117. The Labute approximate surface area is 140 Å². The van der Waals surface area contributed by atoms with Gasteiger partial charge in [-0.25, -0.2) is 0 Å². The summed E-state index contributed by atoms with van der Waals surface area (Å²) in [6.45, 7) is 9.17. The summed E-state index contributed by atoms with van der Waals surface area (Å²) in [6, 6.07) is 9.49. The Morgan fingerprint density at radius 3 is 2.70 bits per heavy atom. The van der Waals surface area contributed by atoms with Gasteiger partial charge in [0.05, 0.1) is 6.20 Å². The van der Waals surface area contributed by atoms with Crippen molar-refractivity contribution in [2.24, 2.45) is 5.41 Å². The predicted molar refractivity (Wildman–Crippen MR) is 98.0 cm³/mol. The molecule has 1 heterocycles. The number of benzene rings is 1. The summed E-state index contributed by atoms with van der Waals surface area (Å²) in [6.07, 6.45) is 16.8. The fraction of sp³-hybridized carbons (Fsp3) is 0.364. The molecule has 0 radical (unpaired) electrons. The SMILES string of the molecule is CC(C)(C)C1=CC(c2cccc(C3(C)C=CC=CC3)c2)[NH2+]C=C1. The molecular weight excluding hydrogens is 278 g/mol. The fourth-order valence-electron chi connectivity index (χ4n) is 3.33. The van der Waals surface area contributed by atoms with Crippen LogP contribution in [0, 0.1) is 5.41 Å². The zero-order valence-electron chi connectivity index (χ0n) is 14.7. The van der Waals surface area contributed by atoms with E-state index in [2.05, 4.69) is 99.9 Å². The van der Waals surface area contributed by atoms with Crippen molar-refractivity contribution in [3.05, 3.63) is 83.6 Å². The summed E-state index contributed by atoms with van der Waals surface area (Å²) in [5, 5.41) is 2.30. The Hall–Kier alpha value is -1.86. The maximum Gasteiger partial charge on any atom is 0.135 e. The van der Waals surface area contributed by atoms with Gasteiger partial charge >= 0.3 is 0 Å². The molecule has 2 atom stereocenters. The summed E-state index contributed by atoms with van der Waals surface area (Å²) < 4.78 is 0. The first-order chi connectivity index (χ1) is 10.9. The van der Waals surface area contributed by atoms with Crippen molar-refractivity contribution in [3.8, 4) is 0 Å². The molecule has 0 saturated carbocycles. The molecular formula is C22H28N+. The van der Waals surface area contributed by atoms with Gasteiger partial charge < -0.3 is 5.32 Å². The molecule has 2 aliphatic rings. The van der Waals surface area contributed by atoms with Crippen LogP contribution in [0.4, 0.5) is 0 Å². The number of rotatable bonds is 2. The van der Waals surface area contributed by atoms with Crippen molar-refractivity contribution in [1.29, 1.82) is 0 Å². The van der Waals surface area contributed by atoms with E-state index >= 15 is 0 Å². The van der Waals surface area contributed by atoms with E-state index in [1.54, 1.807) is 0 Å². The first-order valence-electron chi connectivity index (χ1n) is 8.57. The summed E-state index contributed by atoms with van der Waals surface area (Å²) in [5.74, 6) is 0. The van der Waals surface area contributed by atoms with Crippen molar-refractivity contribution in [2.75, 3.05) is 0 Å². The van der Waals surface area contributed by atoms with Gasteiger partial charge in [-0.2, -0.15) is 0 Å².